The van der Waals surface area contributed by atoms with Gasteiger partial charge in [-0.1, -0.05) is 40.5 Å². The maximum absolute atomic E-state index is 8.73. The summed E-state index contributed by atoms with van der Waals surface area (Å²) in [6.07, 6.45) is 0. The van der Waals surface area contributed by atoms with E-state index in [2.05, 4.69) is 5.16 Å². The summed E-state index contributed by atoms with van der Waals surface area (Å²) in [5.74, 6) is 0.871. The summed E-state index contributed by atoms with van der Waals surface area (Å²) in [7, 11) is 0. The van der Waals surface area contributed by atoms with E-state index in [9.17, 15) is 0 Å². The van der Waals surface area contributed by atoms with Gasteiger partial charge in [0.1, 0.15) is 11.5 Å². The molecule has 0 spiro atoms. The molecule has 0 aliphatic heterocycles. The van der Waals surface area contributed by atoms with Gasteiger partial charge in [-0.3, -0.25) is 0 Å². The van der Waals surface area contributed by atoms with Gasteiger partial charge >= 0.3 is 0 Å². The summed E-state index contributed by atoms with van der Waals surface area (Å²) in [4.78, 5) is 0. The number of amidine groups is 1. The molecule has 0 bridgehead atoms. The van der Waals surface area contributed by atoms with Crippen molar-refractivity contribution < 1.29 is 9.94 Å². The molecule has 98 valence electrons. The Hall–Kier alpha value is -1.91. The third kappa shape index (κ3) is 3.30. The molecule has 2 aromatic rings. The highest BCUT2D eigenvalue weighted by Crippen LogP contribution is 2.30. The predicted octanol–water partition coefficient (Wildman–Crippen LogP) is 3.88. The summed E-state index contributed by atoms with van der Waals surface area (Å²) >= 11 is 11.8. The lowest BCUT2D eigenvalue weighted by atomic mass is 10.2. The molecular formula is C13H10Cl2N2O2. The van der Waals surface area contributed by atoms with Crippen LogP contribution in [-0.2, 0) is 0 Å². The molecule has 0 fully saturated rings. The molecule has 0 radical (unpaired) electrons. The molecule has 3 N–H and O–H groups in total. The highest BCUT2D eigenvalue weighted by atomic mass is 35.5. The number of nitrogens with zero attached hydrogens (tertiary/aromatic N) is 1. The number of hydrogen-bond acceptors (Lipinski definition) is 3. The average Bonchev–Trinajstić information content (AvgIpc) is 2.37. The Morgan fingerprint density at radius 2 is 1.74 bits per heavy atom. The van der Waals surface area contributed by atoms with Crippen molar-refractivity contribution in [1.29, 1.82) is 0 Å². The first-order valence-corrected chi connectivity index (χ1v) is 6.06. The Labute approximate surface area is 120 Å². The fourth-order valence-electron chi connectivity index (χ4n) is 1.54. The molecule has 2 aromatic carbocycles. The Kier molecular flexibility index (Phi) is 4.14. The zero-order valence-corrected chi connectivity index (χ0v) is 11.2. The van der Waals surface area contributed by atoms with Crippen molar-refractivity contribution in [2.24, 2.45) is 10.9 Å². The number of oxime groups is 1. The van der Waals surface area contributed by atoms with E-state index in [-0.39, 0.29) is 5.84 Å². The number of nitrogens with two attached hydrogens (primary N) is 1. The van der Waals surface area contributed by atoms with Crippen LogP contribution < -0.4 is 10.5 Å². The van der Waals surface area contributed by atoms with Gasteiger partial charge in [0.15, 0.2) is 5.84 Å². The minimum absolute atomic E-state index is 0.0382. The number of ether oxygens (including phenoxy) is 1. The van der Waals surface area contributed by atoms with Crippen molar-refractivity contribution in [3.8, 4) is 11.5 Å². The van der Waals surface area contributed by atoms with Crippen LogP contribution in [0.5, 0.6) is 11.5 Å². The number of benzene rings is 2. The summed E-state index contributed by atoms with van der Waals surface area (Å²) in [5, 5.41) is 12.6. The van der Waals surface area contributed by atoms with E-state index >= 15 is 0 Å². The quantitative estimate of drug-likeness (QED) is 0.391. The molecule has 2 rings (SSSR count). The lowest BCUT2D eigenvalue weighted by molar-refractivity contribution is 0.318. The molecule has 0 amide bonds. The van der Waals surface area contributed by atoms with Gasteiger partial charge in [0, 0.05) is 10.0 Å². The van der Waals surface area contributed by atoms with Gasteiger partial charge in [0.05, 0.1) is 5.56 Å². The summed E-state index contributed by atoms with van der Waals surface area (Å²) in [6, 6.07) is 11.7. The SMILES string of the molecule is N/C(=N\O)c1ccccc1Oc1cc(Cl)cc(Cl)c1. The topological polar surface area (TPSA) is 67.8 Å². The van der Waals surface area contributed by atoms with Crippen molar-refractivity contribution in [3.05, 3.63) is 58.1 Å². The van der Waals surface area contributed by atoms with Crippen LogP contribution in [0.3, 0.4) is 0 Å². The van der Waals surface area contributed by atoms with E-state index in [0.717, 1.165) is 0 Å². The maximum Gasteiger partial charge on any atom is 0.173 e. The molecule has 0 heterocycles. The van der Waals surface area contributed by atoms with Crippen molar-refractivity contribution in [3.63, 3.8) is 0 Å². The van der Waals surface area contributed by atoms with Crippen LogP contribution in [0.1, 0.15) is 5.56 Å². The third-order valence-corrected chi connectivity index (χ3v) is 2.77. The zero-order valence-electron chi connectivity index (χ0n) is 9.68. The second-order valence-electron chi connectivity index (χ2n) is 3.69. The highest BCUT2D eigenvalue weighted by molar-refractivity contribution is 6.34. The second kappa shape index (κ2) is 5.82. The monoisotopic (exact) mass is 296 g/mol. The first-order chi connectivity index (χ1) is 9.10. The Morgan fingerprint density at radius 1 is 1.11 bits per heavy atom. The molecule has 19 heavy (non-hydrogen) atoms. The molecular weight excluding hydrogens is 287 g/mol. The van der Waals surface area contributed by atoms with Gasteiger partial charge in [0.2, 0.25) is 0 Å². The minimum Gasteiger partial charge on any atom is -0.456 e. The Balaban J connectivity index is 2.38. The van der Waals surface area contributed by atoms with Crippen molar-refractivity contribution in [2.45, 2.75) is 0 Å². The Morgan fingerprint density at radius 3 is 2.37 bits per heavy atom. The molecule has 0 unspecified atom stereocenters. The first-order valence-electron chi connectivity index (χ1n) is 5.31. The molecule has 0 atom stereocenters. The zero-order chi connectivity index (χ0) is 13.8. The number of rotatable bonds is 3. The van der Waals surface area contributed by atoms with E-state index < -0.39 is 0 Å². The maximum atomic E-state index is 8.73. The van der Waals surface area contributed by atoms with Crippen molar-refractivity contribution in [2.75, 3.05) is 0 Å². The van der Waals surface area contributed by atoms with Crippen molar-refractivity contribution >= 4 is 29.0 Å². The largest absolute Gasteiger partial charge is 0.456 e. The van der Waals surface area contributed by atoms with Gasteiger partial charge in [-0.05, 0) is 30.3 Å². The van der Waals surface area contributed by atoms with E-state index in [1.807, 2.05) is 0 Å². The molecule has 0 aromatic heterocycles. The van der Waals surface area contributed by atoms with Crippen LogP contribution in [0.2, 0.25) is 10.0 Å². The summed E-state index contributed by atoms with van der Waals surface area (Å²) in [5.41, 5.74) is 6.05. The lowest BCUT2D eigenvalue weighted by Gasteiger charge is -2.10. The smallest absolute Gasteiger partial charge is 0.173 e. The van der Waals surface area contributed by atoms with E-state index in [0.29, 0.717) is 27.1 Å². The van der Waals surface area contributed by atoms with Gasteiger partial charge < -0.3 is 15.7 Å². The summed E-state index contributed by atoms with van der Waals surface area (Å²) < 4.78 is 5.65. The van der Waals surface area contributed by atoms with Crippen LogP contribution in [0.4, 0.5) is 0 Å². The third-order valence-electron chi connectivity index (χ3n) is 2.33. The molecule has 6 heteroatoms. The number of para-hydroxylation sites is 1. The van der Waals surface area contributed by atoms with E-state index in [4.69, 9.17) is 38.9 Å². The van der Waals surface area contributed by atoms with Gasteiger partial charge in [-0.25, -0.2) is 0 Å². The lowest BCUT2D eigenvalue weighted by Crippen LogP contribution is -2.14. The fraction of sp³-hybridized carbons (Fsp3) is 0. The number of hydrogen-bond donors (Lipinski definition) is 2. The van der Waals surface area contributed by atoms with Crippen LogP contribution in [-0.4, -0.2) is 11.0 Å². The molecule has 0 aliphatic rings. The van der Waals surface area contributed by atoms with Gasteiger partial charge in [0.25, 0.3) is 0 Å². The average molecular weight is 297 g/mol. The minimum atomic E-state index is -0.0382. The predicted molar refractivity (Wildman–Crippen MR) is 75.5 cm³/mol. The first kappa shape index (κ1) is 13.5. The summed E-state index contributed by atoms with van der Waals surface area (Å²) in [6.45, 7) is 0. The highest BCUT2D eigenvalue weighted by Gasteiger charge is 2.09. The second-order valence-corrected chi connectivity index (χ2v) is 4.56. The molecule has 0 saturated heterocycles. The van der Waals surface area contributed by atoms with Crippen LogP contribution >= 0.6 is 23.2 Å². The normalized spacial score (nSPS) is 11.4. The van der Waals surface area contributed by atoms with Crippen LogP contribution in [0, 0.1) is 0 Å². The molecule has 0 aliphatic carbocycles. The van der Waals surface area contributed by atoms with E-state index in [1.165, 1.54) is 0 Å². The molecule has 4 nitrogen and oxygen atoms in total. The van der Waals surface area contributed by atoms with Gasteiger partial charge in [-0.15, -0.1) is 0 Å². The number of halogens is 2. The fourth-order valence-corrected chi connectivity index (χ4v) is 2.04. The molecule has 0 saturated carbocycles. The van der Waals surface area contributed by atoms with Crippen molar-refractivity contribution in [1.82, 2.24) is 0 Å². The van der Waals surface area contributed by atoms with E-state index in [1.54, 1.807) is 42.5 Å². The van der Waals surface area contributed by atoms with Crippen LogP contribution in [0.25, 0.3) is 0 Å². The Bertz CT molecular complexity index is 610. The standard InChI is InChI=1S/C13H10Cl2N2O2/c14-8-5-9(15)7-10(6-8)19-12-4-2-1-3-11(12)13(16)17-18/h1-7,18H,(H2,16,17). The van der Waals surface area contributed by atoms with Crippen LogP contribution in [0.15, 0.2) is 47.6 Å². The van der Waals surface area contributed by atoms with Gasteiger partial charge in [-0.2, -0.15) is 0 Å².